The van der Waals surface area contributed by atoms with Gasteiger partial charge in [0.2, 0.25) is 5.78 Å². The molecule has 4 heteroatoms. The summed E-state index contributed by atoms with van der Waals surface area (Å²) in [6.45, 7) is 2.90. The second-order valence-corrected chi connectivity index (χ2v) is 7.66. The summed E-state index contributed by atoms with van der Waals surface area (Å²) in [5.41, 5.74) is 2.43. The minimum Gasteiger partial charge on any atom is -0.335 e. The summed E-state index contributed by atoms with van der Waals surface area (Å²) < 4.78 is 0. The van der Waals surface area contributed by atoms with Gasteiger partial charge in [-0.05, 0) is 43.4 Å². The van der Waals surface area contributed by atoms with Gasteiger partial charge in [-0.15, -0.1) is 0 Å². The van der Waals surface area contributed by atoms with Crippen LogP contribution in [0.15, 0.2) is 60.7 Å². The topological polar surface area (TPSA) is 40.6 Å². The first-order valence-corrected chi connectivity index (χ1v) is 10.2. The molecule has 148 valence electrons. The summed E-state index contributed by atoms with van der Waals surface area (Å²) in [4.78, 5) is 29.1. The third-order valence-electron chi connectivity index (χ3n) is 5.63. The maximum Gasteiger partial charge on any atom is 0.289 e. The Morgan fingerprint density at radius 1 is 0.964 bits per heavy atom. The van der Waals surface area contributed by atoms with E-state index in [0.717, 1.165) is 44.5 Å². The zero-order chi connectivity index (χ0) is 19.8. The normalized spacial score (nSPS) is 17.2. The molecule has 0 radical (unpaired) electrons. The number of likely N-dealkylation sites (N-methyl/N-ethyl adjacent to an activating group) is 1. The number of benzene rings is 2. The van der Waals surface area contributed by atoms with E-state index in [2.05, 4.69) is 29.2 Å². The zero-order valence-electron chi connectivity index (χ0n) is 16.7. The predicted molar refractivity (Wildman–Crippen MR) is 112 cm³/mol. The van der Waals surface area contributed by atoms with E-state index in [1.807, 2.05) is 36.4 Å². The van der Waals surface area contributed by atoms with Crippen molar-refractivity contribution in [3.05, 3.63) is 71.8 Å². The van der Waals surface area contributed by atoms with Gasteiger partial charge < -0.3 is 9.80 Å². The molecular formula is C24H30N2O2. The van der Waals surface area contributed by atoms with E-state index >= 15 is 0 Å². The number of Topliss-reactive ketones (excluding diaryl/α,β-unsaturated/α-hetero) is 1. The molecule has 1 aliphatic heterocycles. The number of rotatable bonds is 8. The van der Waals surface area contributed by atoms with E-state index in [1.165, 1.54) is 5.56 Å². The third kappa shape index (κ3) is 5.77. The Balaban J connectivity index is 1.47. The summed E-state index contributed by atoms with van der Waals surface area (Å²) in [6.07, 6.45) is 3.94. The number of likely N-dealkylation sites (tertiary alicyclic amines) is 1. The lowest BCUT2D eigenvalue weighted by atomic mass is 10.0. The highest BCUT2D eigenvalue weighted by molar-refractivity contribution is 6.36. The number of ketones is 1. The lowest BCUT2D eigenvalue weighted by Gasteiger charge is -2.37. The molecule has 0 aromatic heterocycles. The minimum absolute atomic E-state index is 0.123. The number of carbonyl (C=O) groups excluding carboxylic acids is 2. The van der Waals surface area contributed by atoms with Crippen LogP contribution < -0.4 is 0 Å². The molecule has 2 aromatic carbocycles. The summed E-state index contributed by atoms with van der Waals surface area (Å²) in [5.74, 6) is -0.626. The predicted octanol–water partition coefficient (Wildman–Crippen LogP) is 3.35. The SMILES string of the molecule is CN(C(=O)C(=O)CCc1ccccc1)C1CCCN(CCc2ccccc2)C1. The largest absolute Gasteiger partial charge is 0.335 e. The van der Waals surface area contributed by atoms with Gasteiger partial charge in [-0.1, -0.05) is 60.7 Å². The van der Waals surface area contributed by atoms with Gasteiger partial charge in [0.25, 0.3) is 5.91 Å². The molecule has 2 aromatic rings. The van der Waals surface area contributed by atoms with Gasteiger partial charge in [-0.25, -0.2) is 0 Å². The van der Waals surface area contributed by atoms with Crippen LogP contribution in [0.25, 0.3) is 0 Å². The molecule has 0 saturated carbocycles. The van der Waals surface area contributed by atoms with Gasteiger partial charge in [0.05, 0.1) is 0 Å². The van der Waals surface area contributed by atoms with Gasteiger partial charge in [-0.2, -0.15) is 0 Å². The lowest BCUT2D eigenvalue weighted by molar-refractivity contribution is -0.145. The lowest BCUT2D eigenvalue weighted by Crippen LogP contribution is -2.50. The number of carbonyl (C=O) groups is 2. The fourth-order valence-electron chi connectivity index (χ4n) is 3.85. The van der Waals surface area contributed by atoms with Crippen LogP contribution in [0.3, 0.4) is 0 Å². The molecule has 0 aliphatic carbocycles. The molecule has 0 spiro atoms. The van der Waals surface area contributed by atoms with E-state index in [9.17, 15) is 9.59 Å². The van der Waals surface area contributed by atoms with Gasteiger partial charge in [0.1, 0.15) is 0 Å². The molecule has 28 heavy (non-hydrogen) atoms. The second kappa shape index (κ2) is 10.2. The van der Waals surface area contributed by atoms with E-state index in [1.54, 1.807) is 11.9 Å². The van der Waals surface area contributed by atoms with Crippen LogP contribution in [0.5, 0.6) is 0 Å². The van der Waals surface area contributed by atoms with Crippen molar-refractivity contribution in [2.45, 2.75) is 38.1 Å². The highest BCUT2D eigenvalue weighted by atomic mass is 16.2. The van der Waals surface area contributed by atoms with Gasteiger partial charge in [0, 0.05) is 32.6 Å². The van der Waals surface area contributed by atoms with E-state index in [4.69, 9.17) is 0 Å². The summed E-state index contributed by atoms with van der Waals surface area (Å²) in [6, 6.07) is 20.5. The van der Waals surface area contributed by atoms with Crippen LogP contribution >= 0.6 is 0 Å². The van der Waals surface area contributed by atoms with Crippen LogP contribution in [-0.4, -0.2) is 54.2 Å². The Kier molecular flexibility index (Phi) is 7.38. The Morgan fingerprint density at radius 2 is 1.57 bits per heavy atom. The molecule has 1 saturated heterocycles. The van der Waals surface area contributed by atoms with Crippen LogP contribution in [0, 0.1) is 0 Å². The molecule has 0 bridgehead atoms. The molecule has 0 N–H and O–H groups in total. The van der Waals surface area contributed by atoms with Crippen LogP contribution in [0.4, 0.5) is 0 Å². The number of amides is 1. The molecule has 1 fully saturated rings. The fourth-order valence-corrected chi connectivity index (χ4v) is 3.85. The Morgan fingerprint density at radius 3 is 2.21 bits per heavy atom. The van der Waals surface area contributed by atoms with E-state index < -0.39 is 0 Å². The second-order valence-electron chi connectivity index (χ2n) is 7.66. The van der Waals surface area contributed by atoms with Crippen molar-refractivity contribution in [2.75, 3.05) is 26.7 Å². The van der Waals surface area contributed by atoms with Crippen molar-refractivity contribution >= 4 is 11.7 Å². The maximum atomic E-state index is 12.6. The quantitative estimate of drug-likeness (QED) is 0.662. The number of aryl methyl sites for hydroxylation is 1. The van der Waals surface area contributed by atoms with Crippen molar-refractivity contribution in [3.63, 3.8) is 0 Å². The van der Waals surface area contributed by atoms with Crippen molar-refractivity contribution in [1.82, 2.24) is 9.80 Å². The van der Waals surface area contributed by atoms with E-state index in [-0.39, 0.29) is 24.2 Å². The standard InChI is InChI=1S/C24H30N2O2/c1-25(24(28)23(27)15-14-20-9-4-2-5-10-20)22-13-8-17-26(19-22)18-16-21-11-6-3-7-12-21/h2-7,9-12,22H,8,13-19H2,1H3. The maximum absolute atomic E-state index is 12.6. The van der Waals surface area contributed by atoms with Crippen molar-refractivity contribution in [1.29, 1.82) is 0 Å². The first kappa shape index (κ1) is 20.3. The van der Waals surface area contributed by atoms with Gasteiger partial charge >= 0.3 is 0 Å². The molecule has 1 amide bonds. The molecule has 1 heterocycles. The first-order valence-electron chi connectivity index (χ1n) is 10.2. The third-order valence-corrected chi connectivity index (χ3v) is 5.63. The van der Waals surface area contributed by atoms with Crippen LogP contribution in [0.2, 0.25) is 0 Å². The highest BCUT2D eigenvalue weighted by Crippen LogP contribution is 2.16. The fraction of sp³-hybridized carbons (Fsp3) is 0.417. The van der Waals surface area contributed by atoms with Crippen LogP contribution in [0.1, 0.15) is 30.4 Å². The average molecular weight is 379 g/mol. The highest BCUT2D eigenvalue weighted by Gasteiger charge is 2.28. The number of hydrogen-bond donors (Lipinski definition) is 0. The number of piperidine rings is 1. The first-order chi connectivity index (χ1) is 13.6. The molecule has 1 atom stereocenters. The Bertz CT molecular complexity index is 761. The van der Waals surface area contributed by atoms with Crippen molar-refractivity contribution in [3.8, 4) is 0 Å². The summed E-state index contributed by atoms with van der Waals surface area (Å²) >= 11 is 0. The molecule has 1 unspecified atom stereocenters. The van der Waals surface area contributed by atoms with Crippen LogP contribution in [-0.2, 0) is 22.4 Å². The number of hydrogen-bond acceptors (Lipinski definition) is 3. The molecule has 1 aliphatic rings. The Hall–Kier alpha value is -2.46. The van der Waals surface area contributed by atoms with Crippen molar-refractivity contribution < 1.29 is 9.59 Å². The minimum atomic E-state index is -0.342. The zero-order valence-corrected chi connectivity index (χ0v) is 16.7. The summed E-state index contributed by atoms with van der Waals surface area (Å²) in [5, 5.41) is 0. The smallest absolute Gasteiger partial charge is 0.289 e. The Labute approximate surface area is 168 Å². The molecular weight excluding hydrogens is 348 g/mol. The van der Waals surface area contributed by atoms with E-state index in [0.29, 0.717) is 6.42 Å². The number of nitrogens with zero attached hydrogens (tertiary/aromatic N) is 2. The molecule has 4 nitrogen and oxygen atoms in total. The summed E-state index contributed by atoms with van der Waals surface area (Å²) in [7, 11) is 1.79. The van der Waals surface area contributed by atoms with Gasteiger partial charge in [0.15, 0.2) is 0 Å². The van der Waals surface area contributed by atoms with Crippen molar-refractivity contribution in [2.24, 2.45) is 0 Å². The van der Waals surface area contributed by atoms with Gasteiger partial charge in [-0.3, -0.25) is 9.59 Å². The monoisotopic (exact) mass is 378 g/mol. The average Bonchev–Trinajstić information content (AvgIpc) is 2.76. The molecule has 3 rings (SSSR count).